The minimum absolute atomic E-state index is 0.926. The molecule has 25 heavy (non-hydrogen) atoms. The van der Waals surface area contributed by atoms with Gasteiger partial charge in [0.05, 0.1) is 20.6 Å². The summed E-state index contributed by atoms with van der Waals surface area (Å²) in [5.74, 6) is 0. The van der Waals surface area contributed by atoms with E-state index in [9.17, 15) is 4.21 Å². The largest absolute Gasteiger partial charge is 0.249 e. The molecule has 0 spiro atoms. The van der Waals surface area contributed by atoms with Crippen molar-refractivity contribution in [2.75, 3.05) is 0 Å². The zero-order chi connectivity index (χ0) is 16.7. The van der Waals surface area contributed by atoms with E-state index in [0.29, 0.717) is 0 Å². The summed E-state index contributed by atoms with van der Waals surface area (Å²) < 4.78 is 13.4. The Morgan fingerprint density at radius 1 is 0.640 bits per heavy atom. The molecule has 1 aliphatic rings. The van der Waals surface area contributed by atoms with Crippen molar-refractivity contribution in [3.8, 4) is 11.1 Å². The van der Waals surface area contributed by atoms with Gasteiger partial charge in [-0.25, -0.2) is 4.21 Å². The molecule has 0 saturated carbocycles. The second-order valence-corrected chi connectivity index (χ2v) is 8.29. The minimum Gasteiger partial charge on any atom is -0.249 e. The molecule has 0 aromatic heterocycles. The van der Waals surface area contributed by atoms with Crippen molar-refractivity contribution in [3.63, 3.8) is 0 Å². The van der Waals surface area contributed by atoms with E-state index in [1.54, 1.807) is 0 Å². The Hall–Kier alpha value is -2.71. The summed E-state index contributed by atoms with van der Waals surface area (Å²) in [4.78, 5) is 1.87. The fraction of sp³-hybridized carbons (Fsp3) is 0.0435. The molecule has 2 heteroatoms. The molecule has 0 radical (unpaired) electrons. The van der Waals surface area contributed by atoms with Crippen LogP contribution in [0.15, 0.2) is 76.5 Å². The number of benzene rings is 5. The summed E-state index contributed by atoms with van der Waals surface area (Å²) in [5, 5.41) is 7.34. The highest BCUT2D eigenvalue weighted by Crippen LogP contribution is 2.47. The van der Waals surface area contributed by atoms with E-state index in [2.05, 4.69) is 67.6 Å². The van der Waals surface area contributed by atoms with Crippen LogP contribution in [0.4, 0.5) is 0 Å². The molecule has 0 saturated heterocycles. The lowest BCUT2D eigenvalue weighted by Gasteiger charge is -2.23. The summed E-state index contributed by atoms with van der Waals surface area (Å²) >= 11 is 0. The maximum absolute atomic E-state index is 13.4. The molecule has 118 valence electrons. The smallest absolute Gasteiger partial charge is 0.0862 e. The van der Waals surface area contributed by atoms with E-state index in [1.807, 2.05) is 6.07 Å². The Bertz CT molecular complexity index is 1360. The summed E-state index contributed by atoms with van der Waals surface area (Å²) in [7, 11) is -1.14. The van der Waals surface area contributed by atoms with Crippen molar-refractivity contribution in [3.05, 3.63) is 72.3 Å². The van der Waals surface area contributed by atoms with Crippen LogP contribution in [-0.4, -0.2) is 4.21 Å². The molecule has 1 nitrogen and oxygen atoms in total. The molecule has 6 rings (SSSR count). The highest BCUT2D eigenvalue weighted by Gasteiger charge is 2.26. The van der Waals surface area contributed by atoms with Gasteiger partial charge in [0.1, 0.15) is 0 Å². The second-order valence-electron chi connectivity index (χ2n) is 6.87. The molecule has 1 heterocycles. The molecule has 1 unspecified atom stereocenters. The van der Waals surface area contributed by atoms with Crippen molar-refractivity contribution in [1.82, 2.24) is 0 Å². The maximum atomic E-state index is 13.4. The first-order chi connectivity index (χ1) is 12.2. The van der Waals surface area contributed by atoms with Gasteiger partial charge in [-0.3, -0.25) is 0 Å². The Labute approximate surface area is 147 Å². The Morgan fingerprint density at radius 3 is 2.28 bits per heavy atom. The van der Waals surface area contributed by atoms with Crippen LogP contribution in [0.1, 0.15) is 5.56 Å². The fourth-order valence-electron chi connectivity index (χ4n) is 4.32. The van der Waals surface area contributed by atoms with Crippen molar-refractivity contribution >= 4 is 43.1 Å². The topological polar surface area (TPSA) is 17.1 Å². The van der Waals surface area contributed by atoms with Crippen LogP contribution in [0.3, 0.4) is 0 Å². The third-order valence-electron chi connectivity index (χ3n) is 5.42. The SMILES string of the molecule is Cc1ccc2c(c1)-c1ccc3ccc4cccc5cc(c1c3c45)S2=O. The minimum atomic E-state index is -1.14. The van der Waals surface area contributed by atoms with Crippen molar-refractivity contribution in [1.29, 1.82) is 0 Å². The molecule has 1 atom stereocenters. The molecular formula is C23H14OS. The van der Waals surface area contributed by atoms with Gasteiger partial charge in [-0.2, -0.15) is 0 Å². The molecule has 0 N–H and O–H groups in total. The number of hydrogen-bond donors (Lipinski definition) is 0. The van der Waals surface area contributed by atoms with Gasteiger partial charge in [0, 0.05) is 5.39 Å². The molecular weight excluding hydrogens is 324 g/mol. The van der Waals surface area contributed by atoms with Gasteiger partial charge in [0.15, 0.2) is 0 Å². The van der Waals surface area contributed by atoms with Gasteiger partial charge in [-0.15, -0.1) is 0 Å². The standard InChI is InChI=1S/C23H14OS/c1-13-5-10-19-18(11-13)17-9-8-15-7-6-14-3-2-4-16-12-20(25(19)24)23(17)22(15)21(14)16/h2-12H,1H3. The van der Waals surface area contributed by atoms with E-state index in [-0.39, 0.29) is 0 Å². The molecule has 0 bridgehead atoms. The van der Waals surface area contributed by atoms with Crippen LogP contribution in [-0.2, 0) is 10.8 Å². The van der Waals surface area contributed by atoms with Gasteiger partial charge in [0.25, 0.3) is 0 Å². The molecule has 0 aliphatic carbocycles. The van der Waals surface area contributed by atoms with Gasteiger partial charge >= 0.3 is 0 Å². The average molecular weight is 338 g/mol. The van der Waals surface area contributed by atoms with Crippen LogP contribution in [0, 0.1) is 6.92 Å². The third-order valence-corrected chi connectivity index (χ3v) is 6.89. The highest BCUT2D eigenvalue weighted by molar-refractivity contribution is 7.85. The summed E-state index contributed by atoms with van der Waals surface area (Å²) in [6.45, 7) is 2.09. The average Bonchev–Trinajstić information content (AvgIpc) is 2.64. The Morgan fingerprint density at radius 2 is 1.40 bits per heavy atom. The monoisotopic (exact) mass is 338 g/mol. The predicted molar refractivity (Wildman–Crippen MR) is 105 cm³/mol. The third kappa shape index (κ3) is 1.60. The number of hydrogen-bond acceptors (Lipinski definition) is 1. The van der Waals surface area contributed by atoms with E-state index < -0.39 is 10.8 Å². The number of fused-ring (bicyclic) bond motifs is 2. The van der Waals surface area contributed by atoms with Gasteiger partial charge in [-0.05, 0) is 57.1 Å². The lowest BCUT2D eigenvalue weighted by Crippen LogP contribution is -2.05. The maximum Gasteiger partial charge on any atom is 0.0862 e. The molecule has 0 amide bonds. The predicted octanol–water partition coefficient (Wildman–Crippen LogP) is 6.04. The van der Waals surface area contributed by atoms with Gasteiger partial charge in [0.2, 0.25) is 0 Å². The van der Waals surface area contributed by atoms with Crippen molar-refractivity contribution in [2.24, 2.45) is 0 Å². The first kappa shape index (κ1) is 13.6. The summed E-state index contributed by atoms with van der Waals surface area (Å²) in [6.07, 6.45) is 0. The van der Waals surface area contributed by atoms with Gasteiger partial charge in [-0.1, -0.05) is 60.2 Å². The number of aryl methyl sites for hydroxylation is 1. The second kappa shape index (κ2) is 4.47. The van der Waals surface area contributed by atoms with E-state index in [1.165, 1.54) is 43.4 Å². The van der Waals surface area contributed by atoms with E-state index >= 15 is 0 Å². The van der Waals surface area contributed by atoms with Crippen molar-refractivity contribution < 1.29 is 4.21 Å². The van der Waals surface area contributed by atoms with E-state index in [0.717, 1.165) is 15.4 Å². The summed E-state index contributed by atoms with van der Waals surface area (Å²) in [6, 6.07) is 23.5. The molecule has 5 aromatic rings. The molecule has 1 aliphatic heterocycles. The van der Waals surface area contributed by atoms with Crippen LogP contribution in [0.2, 0.25) is 0 Å². The zero-order valence-corrected chi connectivity index (χ0v) is 14.5. The molecule has 5 aromatic carbocycles. The quantitative estimate of drug-likeness (QED) is 0.309. The summed E-state index contributed by atoms with van der Waals surface area (Å²) in [5.41, 5.74) is 3.52. The lowest BCUT2D eigenvalue weighted by molar-refractivity contribution is 0.683. The van der Waals surface area contributed by atoms with E-state index in [4.69, 9.17) is 0 Å². The number of rotatable bonds is 0. The fourth-order valence-corrected chi connectivity index (χ4v) is 5.75. The Balaban J connectivity index is 1.96. The lowest BCUT2D eigenvalue weighted by atomic mass is 9.89. The zero-order valence-electron chi connectivity index (χ0n) is 13.7. The first-order valence-corrected chi connectivity index (χ1v) is 9.61. The first-order valence-electron chi connectivity index (χ1n) is 8.46. The normalized spacial score (nSPS) is 16.0. The van der Waals surface area contributed by atoms with Crippen molar-refractivity contribution in [2.45, 2.75) is 16.7 Å². The van der Waals surface area contributed by atoms with Crippen LogP contribution in [0.25, 0.3) is 43.4 Å². The highest BCUT2D eigenvalue weighted by atomic mass is 32.2. The van der Waals surface area contributed by atoms with Crippen LogP contribution >= 0.6 is 0 Å². The molecule has 0 fully saturated rings. The van der Waals surface area contributed by atoms with Crippen LogP contribution < -0.4 is 0 Å². The van der Waals surface area contributed by atoms with Crippen LogP contribution in [0.5, 0.6) is 0 Å². The van der Waals surface area contributed by atoms with Gasteiger partial charge < -0.3 is 0 Å². The Kier molecular flexibility index (Phi) is 2.42.